The smallest absolute Gasteiger partial charge is 0.276 e. The summed E-state index contributed by atoms with van der Waals surface area (Å²) in [4.78, 5) is 35.8. The fourth-order valence-corrected chi connectivity index (χ4v) is 5.64. The normalized spacial score (nSPS) is 13.1. The highest BCUT2D eigenvalue weighted by molar-refractivity contribution is 7.99. The Morgan fingerprint density at radius 3 is 2.84 bits per heavy atom. The number of aromatic nitrogens is 2. The van der Waals surface area contributed by atoms with Gasteiger partial charge in [0.15, 0.2) is 10.9 Å². The molecule has 32 heavy (non-hydrogen) atoms. The number of hydrogen-bond acceptors (Lipinski definition) is 7. The predicted molar refractivity (Wildman–Crippen MR) is 127 cm³/mol. The molecular weight excluding hydrogens is 468 g/mol. The first kappa shape index (κ1) is 22.8. The Labute approximate surface area is 199 Å². The number of thiophene rings is 1. The summed E-state index contributed by atoms with van der Waals surface area (Å²) in [5.74, 6) is -0.0291. The lowest BCUT2D eigenvalue weighted by Crippen LogP contribution is -2.25. The van der Waals surface area contributed by atoms with Crippen molar-refractivity contribution in [1.29, 1.82) is 0 Å². The second-order valence-corrected chi connectivity index (χ2v) is 10.7. The van der Waals surface area contributed by atoms with Crippen molar-refractivity contribution in [2.45, 2.75) is 56.5 Å². The van der Waals surface area contributed by atoms with Crippen LogP contribution in [0.5, 0.6) is 0 Å². The van der Waals surface area contributed by atoms with Crippen LogP contribution in [0.25, 0.3) is 0 Å². The van der Waals surface area contributed by atoms with Crippen molar-refractivity contribution in [3.63, 3.8) is 0 Å². The van der Waals surface area contributed by atoms with Gasteiger partial charge in [0.1, 0.15) is 10.8 Å². The van der Waals surface area contributed by atoms with Gasteiger partial charge in [-0.3, -0.25) is 9.59 Å². The fraction of sp³-hybridized carbons (Fsp3) is 0.364. The number of fused-ring (bicyclic) bond motifs is 1. The topological polar surface area (TPSA) is 97.1 Å². The molecule has 0 saturated heterocycles. The number of carbonyl (C=O) groups excluding carboxylic acids is 2. The summed E-state index contributed by atoms with van der Waals surface area (Å²) < 4.78 is 5.31. The number of thioether (sulfide) groups is 1. The number of rotatable bonds is 7. The lowest BCUT2D eigenvalue weighted by molar-refractivity contribution is 0.0948. The van der Waals surface area contributed by atoms with Gasteiger partial charge in [0.2, 0.25) is 0 Å². The van der Waals surface area contributed by atoms with E-state index < -0.39 is 5.91 Å². The van der Waals surface area contributed by atoms with E-state index in [-0.39, 0.29) is 28.4 Å². The molecule has 0 bridgehead atoms. The van der Waals surface area contributed by atoms with E-state index in [0.29, 0.717) is 21.5 Å². The van der Waals surface area contributed by atoms with Gasteiger partial charge in [0.05, 0.1) is 29.6 Å². The zero-order valence-electron chi connectivity index (χ0n) is 17.7. The lowest BCUT2D eigenvalue weighted by atomic mass is 9.95. The minimum absolute atomic E-state index is 0.0955. The molecule has 0 atom stereocenters. The molecule has 4 rings (SSSR count). The quantitative estimate of drug-likeness (QED) is 0.342. The minimum atomic E-state index is -0.457. The van der Waals surface area contributed by atoms with Gasteiger partial charge in [-0.15, -0.1) is 11.3 Å². The molecule has 0 aliphatic heterocycles. The molecule has 3 aromatic rings. The van der Waals surface area contributed by atoms with Crippen LogP contribution in [0.1, 0.15) is 63.7 Å². The summed E-state index contributed by atoms with van der Waals surface area (Å²) in [6.07, 6.45) is 6.80. The number of nitrogens with zero attached hydrogens (tertiary/aromatic N) is 2. The first-order valence-corrected chi connectivity index (χ1v) is 12.5. The van der Waals surface area contributed by atoms with E-state index in [1.165, 1.54) is 29.3 Å². The van der Waals surface area contributed by atoms with Gasteiger partial charge in [0, 0.05) is 10.1 Å². The number of anilines is 1. The molecule has 2 N–H and O–H groups in total. The number of furan rings is 1. The molecule has 7 nitrogen and oxygen atoms in total. The number of aryl methyl sites for hydroxylation is 1. The molecule has 0 spiro atoms. The van der Waals surface area contributed by atoms with E-state index in [4.69, 9.17) is 16.0 Å². The Bertz CT molecular complexity index is 1130. The summed E-state index contributed by atoms with van der Waals surface area (Å²) in [5.41, 5.74) is 1.63. The lowest BCUT2D eigenvalue weighted by Gasteiger charge is -2.13. The van der Waals surface area contributed by atoms with Crippen LogP contribution in [0.15, 0.2) is 34.2 Å². The monoisotopic (exact) mass is 490 g/mol. The summed E-state index contributed by atoms with van der Waals surface area (Å²) in [6.45, 7) is 4.32. The van der Waals surface area contributed by atoms with E-state index >= 15 is 0 Å². The van der Waals surface area contributed by atoms with Gasteiger partial charge in [-0.25, -0.2) is 9.97 Å². The fourth-order valence-electron chi connectivity index (χ4n) is 3.50. The van der Waals surface area contributed by atoms with Crippen molar-refractivity contribution in [2.24, 2.45) is 0 Å². The summed E-state index contributed by atoms with van der Waals surface area (Å²) in [6, 6.07) is 3.58. The van der Waals surface area contributed by atoms with Crippen molar-refractivity contribution in [2.75, 3.05) is 5.32 Å². The van der Waals surface area contributed by atoms with Gasteiger partial charge in [-0.2, -0.15) is 0 Å². The average Bonchev–Trinajstić information content (AvgIpc) is 3.40. The predicted octanol–water partition coefficient (Wildman–Crippen LogP) is 5.35. The summed E-state index contributed by atoms with van der Waals surface area (Å²) >= 11 is 9.12. The number of halogens is 1. The molecule has 168 valence electrons. The molecule has 10 heteroatoms. The number of nitrogens with one attached hydrogen (secondary N) is 2. The molecule has 0 radical (unpaired) electrons. The van der Waals surface area contributed by atoms with Crippen LogP contribution >= 0.6 is 34.7 Å². The van der Waals surface area contributed by atoms with E-state index in [0.717, 1.165) is 36.1 Å². The first-order valence-electron chi connectivity index (χ1n) is 10.4. The van der Waals surface area contributed by atoms with Crippen molar-refractivity contribution < 1.29 is 14.0 Å². The maximum atomic E-state index is 13.1. The van der Waals surface area contributed by atoms with Gasteiger partial charge in [-0.05, 0) is 43.4 Å². The van der Waals surface area contributed by atoms with Gasteiger partial charge in [-0.1, -0.05) is 37.2 Å². The van der Waals surface area contributed by atoms with E-state index in [1.54, 1.807) is 18.4 Å². The summed E-state index contributed by atoms with van der Waals surface area (Å²) in [5, 5.41) is 7.23. The van der Waals surface area contributed by atoms with E-state index in [2.05, 4.69) is 20.6 Å². The van der Waals surface area contributed by atoms with Crippen molar-refractivity contribution in [3.05, 3.63) is 57.1 Å². The molecule has 1 aliphatic carbocycles. The van der Waals surface area contributed by atoms with Crippen LogP contribution in [0.4, 0.5) is 5.00 Å². The molecule has 2 amide bonds. The Kier molecular flexibility index (Phi) is 7.17. The second-order valence-electron chi connectivity index (χ2n) is 7.65. The minimum Gasteiger partial charge on any atom is -0.467 e. The third-order valence-corrected chi connectivity index (χ3v) is 7.27. The first-order chi connectivity index (χ1) is 15.4. The largest absolute Gasteiger partial charge is 0.467 e. The van der Waals surface area contributed by atoms with Crippen LogP contribution in [0.3, 0.4) is 0 Å². The molecule has 3 heterocycles. The third kappa shape index (κ3) is 5.16. The van der Waals surface area contributed by atoms with Gasteiger partial charge < -0.3 is 15.1 Å². The van der Waals surface area contributed by atoms with Crippen LogP contribution in [0, 0.1) is 0 Å². The average molecular weight is 491 g/mol. The Morgan fingerprint density at radius 2 is 2.09 bits per heavy atom. The standard InChI is InChI=1S/C22H23ClN4O3S2/c1-12(2)31-22-25-11-15(23)18(26-22)20(29)27-21-17(14-7-3-4-8-16(14)32-21)19(28)24-10-13-6-5-9-30-13/h5-6,9,11-12H,3-4,7-8,10H2,1-2H3,(H,24,28)(H,27,29). The van der Waals surface area contributed by atoms with Gasteiger partial charge in [0.25, 0.3) is 11.8 Å². The van der Waals surface area contributed by atoms with Crippen LogP contribution in [-0.2, 0) is 19.4 Å². The van der Waals surface area contributed by atoms with Crippen molar-refractivity contribution >= 4 is 51.5 Å². The zero-order chi connectivity index (χ0) is 22.7. The maximum Gasteiger partial charge on any atom is 0.276 e. The van der Waals surface area contributed by atoms with Crippen LogP contribution < -0.4 is 10.6 Å². The van der Waals surface area contributed by atoms with Crippen LogP contribution in [-0.4, -0.2) is 27.0 Å². The van der Waals surface area contributed by atoms with Gasteiger partial charge >= 0.3 is 0 Å². The third-order valence-electron chi connectivity index (χ3n) is 4.91. The molecule has 0 fully saturated rings. The highest BCUT2D eigenvalue weighted by atomic mass is 35.5. The Morgan fingerprint density at radius 1 is 1.28 bits per heavy atom. The maximum absolute atomic E-state index is 13.1. The molecule has 0 saturated carbocycles. The highest BCUT2D eigenvalue weighted by Crippen LogP contribution is 2.38. The molecule has 0 aromatic carbocycles. The van der Waals surface area contributed by atoms with E-state index in [1.807, 2.05) is 13.8 Å². The SMILES string of the molecule is CC(C)Sc1ncc(Cl)c(C(=O)Nc2sc3c(c2C(=O)NCc2ccco2)CCCC3)n1. The number of carbonyl (C=O) groups is 2. The Hall–Kier alpha value is -2.36. The van der Waals surface area contributed by atoms with E-state index in [9.17, 15) is 9.59 Å². The second kappa shape index (κ2) is 10.1. The Balaban J connectivity index is 1.60. The summed E-state index contributed by atoms with van der Waals surface area (Å²) in [7, 11) is 0. The molecule has 0 unspecified atom stereocenters. The number of amides is 2. The highest BCUT2D eigenvalue weighted by Gasteiger charge is 2.27. The van der Waals surface area contributed by atoms with Crippen molar-refractivity contribution in [3.8, 4) is 0 Å². The van der Waals surface area contributed by atoms with Crippen molar-refractivity contribution in [1.82, 2.24) is 15.3 Å². The van der Waals surface area contributed by atoms with Crippen LogP contribution in [0.2, 0.25) is 5.02 Å². The number of hydrogen-bond donors (Lipinski definition) is 2. The molecule has 3 aromatic heterocycles. The zero-order valence-corrected chi connectivity index (χ0v) is 20.1. The molecule has 1 aliphatic rings. The molecular formula is C22H23ClN4O3S2.